The average Bonchev–Trinajstić information content (AvgIpc) is 2.54. The normalized spacial score (nSPS) is 31.2. The fraction of sp³-hybridized carbons (Fsp3) is 1.00. The summed E-state index contributed by atoms with van der Waals surface area (Å²) in [5, 5.41) is 0. The molecule has 0 aromatic heterocycles. The van der Waals surface area contributed by atoms with E-state index >= 15 is 0 Å². The minimum atomic E-state index is -3.27. The number of hydrogen-bond acceptors (Lipinski definition) is 4. The van der Waals surface area contributed by atoms with Crippen LogP contribution >= 0.6 is 0 Å². The van der Waals surface area contributed by atoms with Crippen LogP contribution in [0.3, 0.4) is 0 Å². The number of piperazine rings is 1. The molecule has 3 saturated heterocycles. The quantitative estimate of drug-likeness (QED) is 0.800. The maximum absolute atomic E-state index is 12.8. The number of nitrogens with zero attached hydrogens (tertiary/aromatic N) is 3. The minimum absolute atomic E-state index is 0.434. The molecule has 0 amide bonds. The van der Waals surface area contributed by atoms with Gasteiger partial charge in [-0.05, 0) is 44.7 Å². The summed E-state index contributed by atoms with van der Waals surface area (Å²) in [7, 11) is -3.27. The zero-order valence-corrected chi connectivity index (χ0v) is 13.6. The van der Waals surface area contributed by atoms with Crippen molar-refractivity contribution in [2.45, 2.75) is 38.1 Å². The Morgan fingerprint density at radius 1 is 0.905 bits per heavy atom. The number of nitrogens with two attached hydrogens (primary N) is 1. The van der Waals surface area contributed by atoms with Crippen molar-refractivity contribution in [1.82, 2.24) is 13.5 Å². The molecular formula is C14H28N4O2S. The summed E-state index contributed by atoms with van der Waals surface area (Å²) in [4.78, 5) is 2.47. The predicted octanol–water partition coefficient (Wildman–Crippen LogP) is 0.0720. The molecule has 7 heteroatoms. The molecule has 0 bridgehead atoms. The molecule has 0 aliphatic carbocycles. The van der Waals surface area contributed by atoms with Crippen molar-refractivity contribution in [3.63, 3.8) is 0 Å². The first-order chi connectivity index (χ1) is 10.1. The van der Waals surface area contributed by atoms with E-state index in [0.717, 1.165) is 32.4 Å². The van der Waals surface area contributed by atoms with Gasteiger partial charge in [0.25, 0.3) is 10.2 Å². The van der Waals surface area contributed by atoms with Gasteiger partial charge in [0.15, 0.2) is 0 Å². The van der Waals surface area contributed by atoms with Crippen LogP contribution in [0.2, 0.25) is 0 Å². The molecule has 0 spiro atoms. The topological polar surface area (TPSA) is 69.9 Å². The summed E-state index contributed by atoms with van der Waals surface area (Å²) >= 11 is 0. The Bertz CT molecular complexity index is 448. The fourth-order valence-corrected chi connectivity index (χ4v) is 5.55. The molecule has 1 atom stereocenters. The van der Waals surface area contributed by atoms with E-state index in [4.69, 9.17) is 5.73 Å². The molecule has 6 nitrogen and oxygen atoms in total. The van der Waals surface area contributed by atoms with E-state index in [1.807, 2.05) is 0 Å². The number of hydrogen-bond donors (Lipinski definition) is 1. The first-order valence-corrected chi connectivity index (χ1v) is 9.70. The van der Waals surface area contributed by atoms with Crippen LogP contribution in [0.5, 0.6) is 0 Å². The second-order valence-electron chi connectivity index (χ2n) is 6.63. The van der Waals surface area contributed by atoms with E-state index in [2.05, 4.69) is 4.90 Å². The first kappa shape index (κ1) is 15.7. The second kappa shape index (κ2) is 6.50. The maximum Gasteiger partial charge on any atom is 0.282 e. The SMILES string of the molecule is NCC1CCN(S(=O)(=O)N2CCN3CCCCC3C2)CC1. The molecule has 1 unspecified atom stereocenters. The first-order valence-electron chi connectivity index (χ1n) is 8.30. The van der Waals surface area contributed by atoms with Gasteiger partial charge in [-0.15, -0.1) is 0 Å². The predicted molar refractivity (Wildman–Crippen MR) is 83.1 cm³/mol. The van der Waals surface area contributed by atoms with E-state index in [1.165, 1.54) is 12.8 Å². The van der Waals surface area contributed by atoms with Crippen LogP contribution in [-0.4, -0.2) is 73.8 Å². The molecule has 0 saturated carbocycles. The van der Waals surface area contributed by atoms with Crippen LogP contribution in [0.15, 0.2) is 0 Å². The van der Waals surface area contributed by atoms with E-state index in [0.29, 0.717) is 44.7 Å². The number of fused-ring (bicyclic) bond motifs is 1. The van der Waals surface area contributed by atoms with Gasteiger partial charge in [-0.25, -0.2) is 0 Å². The Morgan fingerprint density at radius 2 is 1.67 bits per heavy atom. The molecule has 2 N–H and O–H groups in total. The Kier molecular flexibility index (Phi) is 4.85. The third-order valence-electron chi connectivity index (χ3n) is 5.36. The van der Waals surface area contributed by atoms with Gasteiger partial charge in [-0.3, -0.25) is 4.90 Å². The zero-order valence-electron chi connectivity index (χ0n) is 12.8. The highest BCUT2D eigenvalue weighted by Gasteiger charge is 2.38. The molecule has 3 rings (SSSR count). The summed E-state index contributed by atoms with van der Waals surface area (Å²) in [6.45, 7) is 5.30. The standard InChI is InChI=1S/C14H28N4O2S/c15-11-13-4-7-17(8-5-13)21(19,20)18-10-9-16-6-2-1-3-14(16)12-18/h13-14H,1-12,15H2. The van der Waals surface area contributed by atoms with Crippen molar-refractivity contribution in [3.8, 4) is 0 Å². The van der Waals surface area contributed by atoms with Gasteiger partial charge in [0, 0.05) is 38.8 Å². The second-order valence-corrected chi connectivity index (χ2v) is 8.56. The Hall–Kier alpha value is -0.210. The van der Waals surface area contributed by atoms with Crippen LogP contribution in [0.25, 0.3) is 0 Å². The van der Waals surface area contributed by atoms with Crippen molar-refractivity contribution in [3.05, 3.63) is 0 Å². The highest BCUT2D eigenvalue weighted by molar-refractivity contribution is 7.86. The van der Waals surface area contributed by atoms with Crippen molar-refractivity contribution < 1.29 is 8.42 Å². The molecule has 122 valence electrons. The Balaban J connectivity index is 1.62. The van der Waals surface area contributed by atoms with E-state index < -0.39 is 10.2 Å². The number of rotatable bonds is 3. The lowest BCUT2D eigenvalue weighted by molar-refractivity contribution is 0.0812. The largest absolute Gasteiger partial charge is 0.330 e. The van der Waals surface area contributed by atoms with Crippen LogP contribution in [0.1, 0.15) is 32.1 Å². The van der Waals surface area contributed by atoms with Crippen LogP contribution in [-0.2, 0) is 10.2 Å². The molecule has 0 aromatic rings. The van der Waals surface area contributed by atoms with Crippen LogP contribution < -0.4 is 5.73 Å². The molecule has 3 heterocycles. The minimum Gasteiger partial charge on any atom is -0.330 e. The van der Waals surface area contributed by atoms with Crippen LogP contribution in [0, 0.1) is 5.92 Å². The third-order valence-corrected chi connectivity index (χ3v) is 7.36. The summed E-state index contributed by atoms with van der Waals surface area (Å²) in [5.41, 5.74) is 5.69. The Morgan fingerprint density at radius 3 is 2.38 bits per heavy atom. The molecular weight excluding hydrogens is 288 g/mol. The lowest BCUT2D eigenvalue weighted by atomic mass is 9.99. The van der Waals surface area contributed by atoms with Crippen molar-refractivity contribution in [2.75, 3.05) is 45.8 Å². The molecule has 21 heavy (non-hydrogen) atoms. The third kappa shape index (κ3) is 3.27. The van der Waals surface area contributed by atoms with Gasteiger partial charge in [0.1, 0.15) is 0 Å². The Labute approximate surface area is 128 Å². The molecule has 0 radical (unpaired) electrons. The highest BCUT2D eigenvalue weighted by atomic mass is 32.2. The smallest absolute Gasteiger partial charge is 0.282 e. The average molecular weight is 316 g/mol. The van der Waals surface area contributed by atoms with E-state index in [1.54, 1.807) is 8.61 Å². The highest BCUT2D eigenvalue weighted by Crippen LogP contribution is 2.26. The van der Waals surface area contributed by atoms with Crippen LogP contribution in [0.4, 0.5) is 0 Å². The van der Waals surface area contributed by atoms with E-state index in [9.17, 15) is 8.42 Å². The molecule has 0 aromatic carbocycles. The maximum atomic E-state index is 12.8. The summed E-state index contributed by atoms with van der Waals surface area (Å²) in [6, 6.07) is 0.434. The zero-order chi connectivity index (χ0) is 14.9. The summed E-state index contributed by atoms with van der Waals surface area (Å²) in [5.74, 6) is 0.492. The number of piperidine rings is 2. The molecule has 3 fully saturated rings. The lowest BCUT2D eigenvalue weighted by Gasteiger charge is -2.45. The summed E-state index contributed by atoms with van der Waals surface area (Å²) in [6.07, 6.45) is 5.44. The van der Waals surface area contributed by atoms with Gasteiger partial charge in [-0.1, -0.05) is 6.42 Å². The molecule has 3 aliphatic heterocycles. The molecule has 3 aliphatic rings. The van der Waals surface area contributed by atoms with Crippen molar-refractivity contribution in [2.24, 2.45) is 11.7 Å². The van der Waals surface area contributed by atoms with Crippen molar-refractivity contribution >= 4 is 10.2 Å². The van der Waals surface area contributed by atoms with Gasteiger partial charge in [0.2, 0.25) is 0 Å². The fourth-order valence-electron chi connectivity index (χ4n) is 3.88. The van der Waals surface area contributed by atoms with Crippen molar-refractivity contribution in [1.29, 1.82) is 0 Å². The van der Waals surface area contributed by atoms with Gasteiger partial charge in [0.05, 0.1) is 0 Å². The van der Waals surface area contributed by atoms with E-state index in [-0.39, 0.29) is 0 Å². The lowest BCUT2D eigenvalue weighted by Crippen LogP contribution is -2.59. The van der Waals surface area contributed by atoms with Gasteiger partial charge >= 0.3 is 0 Å². The van der Waals surface area contributed by atoms with Gasteiger partial charge in [-0.2, -0.15) is 17.0 Å². The van der Waals surface area contributed by atoms with Gasteiger partial charge < -0.3 is 5.73 Å². The summed E-state index contributed by atoms with van der Waals surface area (Å²) < 4.78 is 29.0. The monoisotopic (exact) mass is 316 g/mol.